The molecule has 4 N–H and O–H groups in total. The van der Waals surface area contributed by atoms with E-state index in [1.54, 1.807) is 0 Å². The van der Waals surface area contributed by atoms with Crippen LogP contribution in [0.4, 0.5) is 23.2 Å². The zero-order valence-electron chi connectivity index (χ0n) is 9.67. The number of nitrogen functional groups attached to an aromatic ring is 1. The van der Waals surface area contributed by atoms with Crippen molar-refractivity contribution in [3.05, 3.63) is 29.3 Å². The lowest BCUT2D eigenvalue weighted by Gasteiger charge is -2.33. The molecule has 0 spiro atoms. The molecule has 0 aliphatic carbocycles. The fourth-order valence-electron chi connectivity index (χ4n) is 1.92. The summed E-state index contributed by atoms with van der Waals surface area (Å²) in [5.74, 6) is -2.97. The predicted octanol–water partition coefficient (Wildman–Crippen LogP) is 1.39. The number of rotatable bonds is 2. The minimum absolute atomic E-state index is 0.138. The van der Waals surface area contributed by atoms with Crippen LogP contribution in [-0.4, -0.2) is 25.5 Å². The van der Waals surface area contributed by atoms with Crippen LogP contribution in [0.15, 0.2) is 17.1 Å². The lowest BCUT2D eigenvalue weighted by atomic mass is 9.89. The van der Waals surface area contributed by atoms with E-state index in [4.69, 9.17) is 16.2 Å². The first-order valence-electron chi connectivity index (χ1n) is 5.32. The second kappa shape index (κ2) is 4.69. The molecule has 0 unspecified atom stereocenters. The standard InChI is InChI=1S/C11H11F4N3O/c12-7-2-5(16)1-6(9(7)13)11(10(14)15)4-19-3-8(17)18-11/h1-2,10H,3-4,16H2,(H2,17,18)/t11-/m0/s1. The number of anilines is 1. The minimum Gasteiger partial charge on any atom is -0.399 e. The van der Waals surface area contributed by atoms with Crippen molar-refractivity contribution in [3.8, 4) is 0 Å². The predicted molar refractivity (Wildman–Crippen MR) is 60.9 cm³/mol. The van der Waals surface area contributed by atoms with Crippen molar-refractivity contribution in [1.29, 1.82) is 0 Å². The molecular weight excluding hydrogens is 266 g/mol. The van der Waals surface area contributed by atoms with Gasteiger partial charge < -0.3 is 16.2 Å². The highest BCUT2D eigenvalue weighted by Gasteiger charge is 2.47. The number of aliphatic imine (C=N–C) groups is 1. The van der Waals surface area contributed by atoms with Crippen LogP contribution < -0.4 is 11.5 Å². The number of hydrogen-bond donors (Lipinski definition) is 2. The Balaban J connectivity index is 2.67. The Labute approximate surface area is 106 Å². The maximum atomic E-state index is 13.8. The van der Waals surface area contributed by atoms with Gasteiger partial charge in [-0.2, -0.15) is 0 Å². The largest absolute Gasteiger partial charge is 0.399 e. The molecule has 0 saturated heterocycles. The normalized spacial score (nSPS) is 23.5. The third kappa shape index (κ3) is 2.23. The van der Waals surface area contributed by atoms with E-state index in [-0.39, 0.29) is 18.1 Å². The van der Waals surface area contributed by atoms with E-state index in [9.17, 15) is 17.6 Å². The zero-order valence-corrected chi connectivity index (χ0v) is 9.67. The zero-order chi connectivity index (χ0) is 14.2. The molecule has 0 saturated carbocycles. The second-order valence-electron chi connectivity index (χ2n) is 4.19. The van der Waals surface area contributed by atoms with Gasteiger partial charge in [-0.05, 0) is 12.1 Å². The summed E-state index contributed by atoms with van der Waals surface area (Å²) in [5.41, 5.74) is 7.49. The summed E-state index contributed by atoms with van der Waals surface area (Å²) in [4.78, 5) is 3.58. The molecule has 8 heteroatoms. The van der Waals surface area contributed by atoms with Crippen LogP contribution in [0.5, 0.6) is 0 Å². The van der Waals surface area contributed by atoms with Gasteiger partial charge in [0.15, 0.2) is 17.2 Å². The monoisotopic (exact) mass is 277 g/mol. The Morgan fingerprint density at radius 2 is 1.95 bits per heavy atom. The Hall–Kier alpha value is -1.83. The lowest BCUT2D eigenvalue weighted by molar-refractivity contribution is -0.0148. The molecule has 0 bridgehead atoms. The molecule has 2 rings (SSSR count). The summed E-state index contributed by atoms with van der Waals surface area (Å²) in [6.45, 7) is -0.744. The fourth-order valence-corrected chi connectivity index (χ4v) is 1.92. The Morgan fingerprint density at radius 1 is 1.26 bits per heavy atom. The van der Waals surface area contributed by atoms with Crippen LogP contribution in [0.1, 0.15) is 5.56 Å². The van der Waals surface area contributed by atoms with Crippen LogP contribution in [0.3, 0.4) is 0 Å². The van der Waals surface area contributed by atoms with Crippen molar-refractivity contribution in [2.45, 2.75) is 12.0 Å². The van der Waals surface area contributed by atoms with Crippen LogP contribution in [-0.2, 0) is 10.3 Å². The molecule has 4 nitrogen and oxygen atoms in total. The van der Waals surface area contributed by atoms with Crippen molar-refractivity contribution in [3.63, 3.8) is 0 Å². The highest BCUT2D eigenvalue weighted by atomic mass is 19.3. The van der Waals surface area contributed by atoms with Crippen LogP contribution in [0, 0.1) is 11.6 Å². The Bertz CT molecular complexity index is 535. The summed E-state index contributed by atoms with van der Waals surface area (Å²) < 4.78 is 58.6. The average molecular weight is 277 g/mol. The van der Waals surface area contributed by atoms with Crippen molar-refractivity contribution < 1.29 is 22.3 Å². The smallest absolute Gasteiger partial charge is 0.269 e. The van der Waals surface area contributed by atoms with E-state index >= 15 is 0 Å². The van der Waals surface area contributed by atoms with Gasteiger partial charge in [-0.1, -0.05) is 0 Å². The van der Waals surface area contributed by atoms with Gasteiger partial charge in [0, 0.05) is 11.3 Å². The van der Waals surface area contributed by atoms with Crippen molar-refractivity contribution in [1.82, 2.24) is 0 Å². The lowest BCUT2D eigenvalue weighted by Crippen LogP contribution is -2.45. The molecule has 1 aromatic carbocycles. The molecule has 1 aliphatic rings. The van der Waals surface area contributed by atoms with Crippen LogP contribution in [0.2, 0.25) is 0 Å². The van der Waals surface area contributed by atoms with Crippen molar-refractivity contribution >= 4 is 11.5 Å². The van der Waals surface area contributed by atoms with Gasteiger partial charge in [0.25, 0.3) is 6.43 Å². The van der Waals surface area contributed by atoms with E-state index in [0.717, 1.165) is 6.07 Å². The second-order valence-corrected chi connectivity index (χ2v) is 4.19. The van der Waals surface area contributed by atoms with E-state index in [1.165, 1.54) is 0 Å². The van der Waals surface area contributed by atoms with E-state index in [0.29, 0.717) is 6.07 Å². The number of nitrogens with zero attached hydrogens (tertiary/aromatic N) is 1. The molecule has 1 aliphatic heterocycles. The van der Waals surface area contributed by atoms with Crippen LogP contribution >= 0.6 is 0 Å². The molecule has 1 aromatic rings. The van der Waals surface area contributed by atoms with Gasteiger partial charge in [-0.3, -0.25) is 4.99 Å². The quantitative estimate of drug-likeness (QED) is 0.634. The molecular formula is C11H11F4N3O. The summed E-state index contributed by atoms with van der Waals surface area (Å²) >= 11 is 0. The maximum absolute atomic E-state index is 13.8. The molecule has 19 heavy (non-hydrogen) atoms. The maximum Gasteiger partial charge on any atom is 0.269 e. The number of amidine groups is 1. The van der Waals surface area contributed by atoms with Gasteiger partial charge in [-0.15, -0.1) is 0 Å². The van der Waals surface area contributed by atoms with Gasteiger partial charge >= 0.3 is 0 Å². The first kappa shape index (κ1) is 13.6. The molecule has 0 radical (unpaired) electrons. The van der Waals surface area contributed by atoms with Crippen molar-refractivity contribution in [2.24, 2.45) is 10.7 Å². The first-order valence-corrected chi connectivity index (χ1v) is 5.32. The van der Waals surface area contributed by atoms with E-state index in [1.807, 2.05) is 0 Å². The summed E-state index contributed by atoms with van der Waals surface area (Å²) in [6, 6.07) is 1.62. The summed E-state index contributed by atoms with van der Waals surface area (Å²) in [5, 5.41) is 0. The molecule has 104 valence electrons. The Kier molecular flexibility index (Phi) is 3.36. The van der Waals surface area contributed by atoms with Gasteiger partial charge in [0.05, 0.1) is 6.61 Å². The third-order valence-corrected chi connectivity index (χ3v) is 2.79. The van der Waals surface area contributed by atoms with Gasteiger partial charge in [0.2, 0.25) is 0 Å². The molecule has 1 heterocycles. The molecule has 0 fully saturated rings. The SMILES string of the molecule is NC1=N[C@@](c2cc(N)cc(F)c2F)(C(F)F)COC1. The Morgan fingerprint density at radius 3 is 2.53 bits per heavy atom. The third-order valence-electron chi connectivity index (χ3n) is 2.79. The van der Waals surface area contributed by atoms with Gasteiger partial charge in [-0.25, -0.2) is 17.6 Å². The first-order chi connectivity index (χ1) is 8.86. The highest BCUT2D eigenvalue weighted by molar-refractivity contribution is 5.82. The number of ether oxygens (including phenoxy) is 1. The molecule has 1 atom stereocenters. The molecule has 0 aromatic heterocycles. The number of halogens is 4. The average Bonchev–Trinajstić information content (AvgIpc) is 2.33. The topological polar surface area (TPSA) is 73.6 Å². The van der Waals surface area contributed by atoms with Crippen molar-refractivity contribution in [2.75, 3.05) is 18.9 Å². The van der Waals surface area contributed by atoms with E-state index < -0.39 is 35.8 Å². The minimum atomic E-state index is -3.12. The van der Waals surface area contributed by atoms with E-state index in [2.05, 4.69) is 4.99 Å². The highest BCUT2D eigenvalue weighted by Crippen LogP contribution is 2.38. The number of nitrogens with two attached hydrogens (primary N) is 2. The fraction of sp³-hybridized carbons (Fsp3) is 0.364. The molecule has 0 amide bonds. The number of benzene rings is 1. The number of alkyl halides is 2. The van der Waals surface area contributed by atoms with Gasteiger partial charge in [0.1, 0.15) is 12.4 Å². The number of hydrogen-bond acceptors (Lipinski definition) is 4. The summed E-state index contributed by atoms with van der Waals surface area (Å²) in [6.07, 6.45) is -3.12. The van der Waals surface area contributed by atoms with Crippen LogP contribution in [0.25, 0.3) is 0 Å². The summed E-state index contributed by atoms with van der Waals surface area (Å²) in [7, 11) is 0.